The summed E-state index contributed by atoms with van der Waals surface area (Å²) in [5, 5.41) is 7.32. The van der Waals surface area contributed by atoms with E-state index < -0.39 is 0 Å². The quantitative estimate of drug-likeness (QED) is 0.765. The standard InChI is InChI=1S/C18H27NS/c1-13(2)11-19-9-8-14-12-20-17-7-6-15(10-16(14)17)18(3,4)5/h6-7,10,12-13,19H,8-9,11H2,1-5H3. The number of hydrogen-bond donors (Lipinski definition) is 1. The highest BCUT2D eigenvalue weighted by molar-refractivity contribution is 7.17. The maximum absolute atomic E-state index is 3.54. The van der Waals surface area contributed by atoms with Crippen LogP contribution in [0.15, 0.2) is 23.6 Å². The van der Waals surface area contributed by atoms with Crippen LogP contribution in [-0.4, -0.2) is 13.1 Å². The van der Waals surface area contributed by atoms with Gasteiger partial charge in [0, 0.05) is 4.70 Å². The molecular weight excluding hydrogens is 262 g/mol. The molecule has 2 rings (SSSR count). The maximum atomic E-state index is 3.54. The molecule has 1 heterocycles. The molecule has 1 nitrogen and oxygen atoms in total. The van der Waals surface area contributed by atoms with Crippen LogP contribution in [0.1, 0.15) is 45.7 Å². The topological polar surface area (TPSA) is 12.0 Å². The van der Waals surface area contributed by atoms with Crippen molar-refractivity contribution in [3.05, 3.63) is 34.7 Å². The summed E-state index contributed by atoms with van der Waals surface area (Å²) in [5.74, 6) is 0.724. The van der Waals surface area contributed by atoms with Crippen LogP contribution in [-0.2, 0) is 11.8 Å². The Hall–Kier alpha value is -0.860. The van der Waals surface area contributed by atoms with E-state index in [0.717, 1.165) is 25.4 Å². The molecule has 0 aliphatic carbocycles. The molecule has 0 radical (unpaired) electrons. The zero-order valence-electron chi connectivity index (χ0n) is 13.4. The van der Waals surface area contributed by atoms with E-state index in [4.69, 9.17) is 0 Å². The van der Waals surface area contributed by atoms with E-state index >= 15 is 0 Å². The highest BCUT2D eigenvalue weighted by Crippen LogP contribution is 2.31. The molecule has 0 aliphatic heterocycles. The molecule has 0 saturated carbocycles. The van der Waals surface area contributed by atoms with Crippen molar-refractivity contribution in [2.75, 3.05) is 13.1 Å². The Morgan fingerprint density at radius 1 is 1.20 bits per heavy atom. The van der Waals surface area contributed by atoms with Crippen molar-refractivity contribution < 1.29 is 0 Å². The summed E-state index contributed by atoms with van der Waals surface area (Å²) in [4.78, 5) is 0. The third-order valence-electron chi connectivity index (χ3n) is 3.64. The molecule has 20 heavy (non-hydrogen) atoms. The summed E-state index contributed by atoms with van der Waals surface area (Å²) in [6, 6.07) is 6.95. The lowest BCUT2D eigenvalue weighted by molar-refractivity contribution is 0.555. The zero-order chi connectivity index (χ0) is 14.8. The largest absolute Gasteiger partial charge is 0.316 e. The van der Waals surface area contributed by atoms with Gasteiger partial charge in [-0.05, 0) is 64.9 Å². The molecule has 0 bridgehead atoms. The molecule has 0 saturated heterocycles. The number of hydrogen-bond acceptors (Lipinski definition) is 2. The van der Waals surface area contributed by atoms with Crippen LogP contribution in [0.25, 0.3) is 10.1 Å². The first-order chi connectivity index (χ1) is 9.38. The second-order valence-corrected chi connectivity index (χ2v) is 7.98. The van der Waals surface area contributed by atoms with Gasteiger partial charge in [0.25, 0.3) is 0 Å². The average Bonchev–Trinajstić information content (AvgIpc) is 2.76. The van der Waals surface area contributed by atoms with E-state index in [1.807, 2.05) is 11.3 Å². The average molecular weight is 289 g/mol. The summed E-state index contributed by atoms with van der Waals surface area (Å²) in [5.41, 5.74) is 3.15. The van der Waals surface area contributed by atoms with Gasteiger partial charge >= 0.3 is 0 Å². The van der Waals surface area contributed by atoms with Gasteiger partial charge in [0.15, 0.2) is 0 Å². The maximum Gasteiger partial charge on any atom is 0.0345 e. The first-order valence-corrected chi connectivity index (χ1v) is 8.47. The monoisotopic (exact) mass is 289 g/mol. The second-order valence-electron chi connectivity index (χ2n) is 7.07. The Bertz CT molecular complexity index is 560. The molecule has 0 fully saturated rings. The highest BCUT2D eigenvalue weighted by Gasteiger charge is 2.15. The molecule has 0 atom stereocenters. The zero-order valence-corrected chi connectivity index (χ0v) is 14.2. The minimum Gasteiger partial charge on any atom is -0.316 e. The number of thiophene rings is 1. The highest BCUT2D eigenvalue weighted by atomic mass is 32.1. The lowest BCUT2D eigenvalue weighted by atomic mass is 9.86. The van der Waals surface area contributed by atoms with Gasteiger partial charge in [-0.25, -0.2) is 0 Å². The normalized spacial score (nSPS) is 12.5. The van der Waals surface area contributed by atoms with Crippen LogP contribution in [0.2, 0.25) is 0 Å². The molecule has 2 aromatic rings. The van der Waals surface area contributed by atoms with Crippen molar-refractivity contribution in [3.63, 3.8) is 0 Å². The van der Waals surface area contributed by atoms with E-state index in [0.29, 0.717) is 0 Å². The van der Waals surface area contributed by atoms with Crippen LogP contribution in [0.3, 0.4) is 0 Å². The van der Waals surface area contributed by atoms with Crippen molar-refractivity contribution >= 4 is 21.4 Å². The van der Waals surface area contributed by atoms with Gasteiger partial charge < -0.3 is 5.32 Å². The van der Waals surface area contributed by atoms with Crippen LogP contribution in [0.5, 0.6) is 0 Å². The molecule has 0 unspecified atom stereocenters. The van der Waals surface area contributed by atoms with Crippen molar-refractivity contribution in [3.8, 4) is 0 Å². The summed E-state index contributed by atoms with van der Waals surface area (Å²) >= 11 is 1.87. The predicted molar refractivity (Wildman–Crippen MR) is 91.9 cm³/mol. The van der Waals surface area contributed by atoms with Crippen LogP contribution in [0.4, 0.5) is 0 Å². The fourth-order valence-electron chi connectivity index (χ4n) is 2.36. The Kier molecular flexibility index (Phi) is 4.87. The molecule has 1 aromatic heterocycles. The van der Waals surface area contributed by atoms with Crippen LogP contribution < -0.4 is 5.32 Å². The molecule has 0 aliphatic rings. The van der Waals surface area contributed by atoms with Crippen molar-refractivity contribution in [2.24, 2.45) is 5.92 Å². The van der Waals surface area contributed by atoms with Gasteiger partial charge in [0.2, 0.25) is 0 Å². The van der Waals surface area contributed by atoms with Crippen molar-refractivity contribution in [1.82, 2.24) is 5.32 Å². The van der Waals surface area contributed by atoms with Gasteiger partial charge in [-0.3, -0.25) is 0 Å². The number of benzene rings is 1. The van der Waals surface area contributed by atoms with Crippen molar-refractivity contribution in [2.45, 2.75) is 46.5 Å². The Morgan fingerprint density at radius 3 is 2.60 bits per heavy atom. The van der Waals surface area contributed by atoms with Gasteiger partial charge in [0.1, 0.15) is 0 Å². The number of nitrogens with one attached hydrogen (secondary N) is 1. The molecule has 1 N–H and O–H groups in total. The van der Waals surface area contributed by atoms with E-state index in [2.05, 4.69) is 63.5 Å². The Labute approximate surface area is 127 Å². The van der Waals surface area contributed by atoms with Gasteiger partial charge in [-0.2, -0.15) is 0 Å². The fraction of sp³-hybridized carbons (Fsp3) is 0.556. The smallest absolute Gasteiger partial charge is 0.0345 e. The SMILES string of the molecule is CC(C)CNCCc1csc2ccc(C(C)(C)C)cc12. The first kappa shape index (κ1) is 15.5. The van der Waals surface area contributed by atoms with E-state index in [-0.39, 0.29) is 5.41 Å². The summed E-state index contributed by atoms with van der Waals surface area (Å²) in [6.07, 6.45) is 1.13. The second kappa shape index (κ2) is 6.28. The van der Waals surface area contributed by atoms with Crippen molar-refractivity contribution in [1.29, 1.82) is 0 Å². The summed E-state index contributed by atoms with van der Waals surface area (Å²) < 4.78 is 1.41. The lowest BCUT2D eigenvalue weighted by Crippen LogP contribution is -2.22. The van der Waals surface area contributed by atoms with Gasteiger partial charge in [-0.1, -0.05) is 40.7 Å². The molecule has 1 aromatic carbocycles. The third-order valence-corrected chi connectivity index (χ3v) is 4.66. The molecule has 0 amide bonds. The fourth-order valence-corrected chi connectivity index (χ4v) is 3.33. The third kappa shape index (κ3) is 3.83. The molecule has 2 heteroatoms. The predicted octanol–water partition coefficient (Wildman–Crippen LogP) is 4.99. The minimum absolute atomic E-state index is 0.225. The molecule has 0 spiro atoms. The Balaban J connectivity index is 2.13. The van der Waals surface area contributed by atoms with Crippen LogP contribution >= 0.6 is 11.3 Å². The van der Waals surface area contributed by atoms with E-state index in [1.54, 1.807) is 0 Å². The van der Waals surface area contributed by atoms with Gasteiger partial charge in [-0.15, -0.1) is 11.3 Å². The number of fused-ring (bicyclic) bond motifs is 1. The van der Waals surface area contributed by atoms with E-state index in [1.165, 1.54) is 21.2 Å². The summed E-state index contributed by atoms with van der Waals surface area (Å²) in [7, 11) is 0. The van der Waals surface area contributed by atoms with E-state index in [9.17, 15) is 0 Å². The van der Waals surface area contributed by atoms with Gasteiger partial charge in [0.05, 0.1) is 0 Å². The minimum atomic E-state index is 0.225. The molecule has 110 valence electrons. The summed E-state index contributed by atoms with van der Waals surface area (Å²) in [6.45, 7) is 13.5. The van der Waals surface area contributed by atoms with Crippen LogP contribution in [0, 0.1) is 5.92 Å². The first-order valence-electron chi connectivity index (χ1n) is 7.59. The molecular formula is C18H27NS. The Morgan fingerprint density at radius 2 is 1.95 bits per heavy atom. The number of rotatable bonds is 5. The lowest BCUT2D eigenvalue weighted by Gasteiger charge is -2.19.